The Balaban J connectivity index is 2.21. The van der Waals surface area contributed by atoms with E-state index in [1.54, 1.807) is 17.5 Å². The van der Waals surface area contributed by atoms with Gasteiger partial charge in [0.25, 0.3) is 10.0 Å². The Morgan fingerprint density at radius 2 is 2.05 bits per heavy atom. The SMILES string of the molecule is O=S(=O)(Nc1nccs1)c1ccc(C#CCO)cc1. The number of hydrogen-bond acceptors (Lipinski definition) is 5. The summed E-state index contributed by atoms with van der Waals surface area (Å²) in [4.78, 5) is 4.00. The number of sulfonamides is 1. The van der Waals surface area contributed by atoms with Crippen molar-refractivity contribution >= 4 is 26.5 Å². The van der Waals surface area contributed by atoms with E-state index < -0.39 is 10.0 Å². The second-order valence-electron chi connectivity index (χ2n) is 3.43. The molecule has 0 saturated heterocycles. The highest BCUT2D eigenvalue weighted by molar-refractivity contribution is 7.93. The summed E-state index contributed by atoms with van der Waals surface area (Å²) in [6.07, 6.45) is 1.52. The van der Waals surface area contributed by atoms with Gasteiger partial charge in [0.2, 0.25) is 0 Å². The highest BCUT2D eigenvalue weighted by atomic mass is 32.2. The number of benzene rings is 1. The van der Waals surface area contributed by atoms with Crippen LogP contribution in [0.15, 0.2) is 40.7 Å². The van der Waals surface area contributed by atoms with Crippen molar-refractivity contribution in [1.29, 1.82) is 0 Å². The largest absolute Gasteiger partial charge is 0.384 e. The lowest BCUT2D eigenvalue weighted by Crippen LogP contribution is -2.12. The van der Waals surface area contributed by atoms with Gasteiger partial charge >= 0.3 is 0 Å². The third kappa shape index (κ3) is 3.54. The standard InChI is InChI=1S/C12H10N2O3S2/c15-8-1-2-10-3-5-11(6-4-10)19(16,17)14-12-13-7-9-18-12/h3-7,9,15H,8H2,(H,13,14). The molecular formula is C12H10N2O3S2. The first-order valence-electron chi connectivity index (χ1n) is 5.24. The van der Waals surface area contributed by atoms with Crippen LogP contribution in [0.5, 0.6) is 0 Å². The Labute approximate surface area is 115 Å². The summed E-state index contributed by atoms with van der Waals surface area (Å²) in [6.45, 7) is -0.231. The monoisotopic (exact) mass is 294 g/mol. The van der Waals surface area contributed by atoms with Gasteiger partial charge in [0.15, 0.2) is 5.13 Å². The van der Waals surface area contributed by atoms with Crippen LogP contribution in [0.1, 0.15) is 5.56 Å². The van der Waals surface area contributed by atoms with Crippen molar-refractivity contribution in [3.05, 3.63) is 41.4 Å². The Hall–Kier alpha value is -1.88. The summed E-state index contributed by atoms with van der Waals surface area (Å²) in [5.41, 5.74) is 0.641. The number of anilines is 1. The fourth-order valence-corrected chi connectivity index (χ4v) is 3.10. The van der Waals surface area contributed by atoms with Gasteiger partial charge in [0, 0.05) is 17.1 Å². The maximum atomic E-state index is 12.0. The fourth-order valence-electron chi connectivity index (χ4n) is 1.31. The second-order valence-corrected chi connectivity index (χ2v) is 6.00. The molecule has 0 unspecified atom stereocenters. The molecule has 2 N–H and O–H groups in total. The fraction of sp³-hybridized carbons (Fsp3) is 0.0833. The molecule has 0 amide bonds. The average molecular weight is 294 g/mol. The van der Waals surface area contributed by atoms with Gasteiger partial charge in [0.1, 0.15) is 6.61 Å². The zero-order valence-electron chi connectivity index (χ0n) is 9.70. The minimum Gasteiger partial charge on any atom is -0.384 e. The number of rotatable bonds is 3. The van der Waals surface area contributed by atoms with Crippen molar-refractivity contribution < 1.29 is 13.5 Å². The molecule has 19 heavy (non-hydrogen) atoms. The molecule has 2 rings (SSSR count). The van der Waals surface area contributed by atoms with Crippen molar-refractivity contribution in [3.8, 4) is 11.8 Å². The molecule has 1 heterocycles. The van der Waals surface area contributed by atoms with Crippen LogP contribution in [0, 0.1) is 11.8 Å². The van der Waals surface area contributed by atoms with Crippen LogP contribution in [0.2, 0.25) is 0 Å². The molecule has 0 fully saturated rings. The van der Waals surface area contributed by atoms with Crippen molar-refractivity contribution in [2.75, 3.05) is 11.3 Å². The zero-order valence-corrected chi connectivity index (χ0v) is 11.3. The first-order chi connectivity index (χ1) is 9.12. The minimum absolute atomic E-state index is 0.136. The van der Waals surface area contributed by atoms with Gasteiger partial charge in [-0.15, -0.1) is 11.3 Å². The highest BCUT2D eigenvalue weighted by Crippen LogP contribution is 2.17. The molecule has 5 nitrogen and oxygen atoms in total. The van der Waals surface area contributed by atoms with Crippen molar-refractivity contribution in [2.45, 2.75) is 4.90 Å². The van der Waals surface area contributed by atoms with Gasteiger partial charge in [-0.05, 0) is 24.3 Å². The van der Waals surface area contributed by atoms with Gasteiger partial charge in [-0.3, -0.25) is 4.72 Å². The van der Waals surface area contributed by atoms with Crippen LogP contribution < -0.4 is 4.72 Å². The minimum atomic E-state index is -3.62. The molecule has 1 aromatic carbocycles. The van der Waals surface area contributed by atoms with Gasteiger partial charge in [0.05, 0.1) is 4.90 Å². The Kier molecular flexibility index (Phi) is 4.16. The van der Waals surface area contributed by atoms with E-state index in [0.717, 1.165) is 0 Å². The molecular weight excluding hydrogens is 284 g/mol. The summed E-state index contributed by atoms with van der Waals surface area (Å²) in [6, 6.07) is 6.08. The number of thiazole rings is 1. The van der Waals surface area contributed by atoms with Gasteiger partial charge in [-0.25, -0.2) is 13.4 Å². The van der Waals surface area contributed by atoms with E-state index in [0.29, 0.717) is 10.7 Å². The lowest BCUT2D eigenvalue weighted by molar-refractivity contribution is 0.350. The van der Waals surface area contributed by atoms with Crippen LogP contribution in [0.3, 0.4) is 0 Å². The van der Waals surface area contributed by atoms with E-state index in [2.05, 4.69) is 21.5 Å². The summed E-state index contributed by atoms with van der Waals surface area (Å²) in [5.74, 6) is 5.18. The molecule has 1 aromatic heterocycles. The van der Waals surface area contributed by atoms with Crippen LogP contribution in [-0.2, 0) is 10.0 Å². The third-order valence-electron chi connectivity index (χ3n) is 2.13. The van der Waals surface area contributed by atoms with Crippen molar-refractivity contribution in [1.82, 2.24) is 4.98 Å². The molecule has 0 saturated carbocycles. The number of aromatic nitrogens is 1. The van der Waals surface area contributed by atoms with E-state index in [4.69, 9.17) is 5.11 Å². The van der Waals surface area contributed by atoms with E-state index in [-0.39, 0.29) is 11.5 Å². The molecule has 2 aromatic rings. The molecule has 0 aliphatic rings. The second kappa shape index (κ2) is 5.84. The number of hydrogen-bond donors (Lipinski definition) is 2. The van der Waals surface area contributed by atoms with Crippen molar-refractivity contribution in [2.24, 2.45) is 0 Å². The maximum Gasteiger partial charge on any atom is 0.263 e. The lowest BCUT2D eigenvalue weighted by Gasteiger charge is -2.04. The summed E-state index contributed by atoms with van der Waals surface area (Å²) < 4.78 is 26.4. The topological polar surface area (TPSA) is 79.3 Å². The zero-order chi connectivity index (χ0) is 13.7. The number of nitrogens with zero attached hydrogens (tertiary/aromatic N) is 1. The Morgan fingerprint density at radius 3 is 2.63 bits per heavy atom. The smallest absolute Gasteiger partial charge is 0.263 e. The van der Waals surface area contributed by atoms with Gasteiger partial charge in [-0.1, -0.05) is 11.8 Å². The van der Waals surface area contributed by atoms with Crippen LogP contribution >= 0.6 is 11.3 Å². The molecule has 0 aliphatic heterocycles. The molecule has 98 valence electrons. The van der Waals surface area contributed by atoms with Crippen LogP contribution in [-0.4, -0.2) is 25.1 Å². The number of nitrogens with one attached hydrogen (secondary N) is 1. The maximum absolute atomic E-state index is 12.0. The predicted octanol–water partition coefficient (Wildman–Crippen LogP) is 1.29. The van der Waals surface area contributed by atoms with Crippen LogP contribution in [0.4, 0.5) is 5.13 Å². The van der Waals surface area contributed by atoms with Crippen LogP contribution in [0.25, 0.3) is 0 Å². The summed E-state index contributed by atoms with van der Waals surface area (Å²) in [7, 11) is -3.62. The number of aliphatic hydroxyl groups is 1. The molecule has 0 atom stereocenters. The normalized spacial score (nSPS) is 10.6. The predicted molar refractivity (Wildman–Crippen MR) is 73.3 cm³/mol. The van der Waals surface area contributed by atoms with Gasteiger partial charge < -0.3 is 5.11 Å². The highest BCUT2D eigenvalue weighted by Gasteiger charge is 2.14. The Bertz CT molecular complexity index is 696. The van der Waals surface area contributed by atoms with E-state index in [1.165, 1.54) is 29.7 Å². The Morgan fingerprint density at radius 1 is 1.32 bits per heavy atom. The molecule has 0 spiro atoms. The third-order valence-corrected chi connectivity index (χ3v) is 4.30. The summed E-state index contributed by atoms with van der Waals surface area (Å²) >= 11 is 1.21. The first kappa shape index (κ1) is 13.5. The lowest BCUT2D eigenvalue weighted by atomic mass is 10.2. The molecule has 0 radical (unpaired) electrons. The quantitative estimate of drug-likeness (QED) is 0.836. The first-order valence-corrected chi connectivity index (χ1v) is 7.60. The molecule has 0 aliphatic carbocycles. The van der Waals surface area contributed by atoms with E-state index in [9.17, 15) is 8.42 Å². The van der Waals surface area contributed by atoms with Gasteiger partial charge in [-0.2, -0.15) is 0 Å². The van der Waals surface area contributed by atoms with E-state index >= 15 is 0 Å². The molecule has 0 bridgehead atoms. The van der Waals surface area contributed by atoms with E-state index in [1.807, 2.05) is 0 Å². The van der Waals surface area contributed by atoms with Crippen molar-refractivity contribution in [3.63, 3.8) is 0 Å². The average Bonchev–Trinajstić information content (AvgIpc) is 2.89. The molecule has 7 heteroatoms. The summed E-state index contributed by atoms with van der Waals surface area (Å²) in [5, 5.41) is 10.6. The number of aliphatic hydroxyl groups excluding tert-OH is 1.